The second-order valence-corrected chi connectivity index (χ2v) is 5.22. The number of nitrogens with one attached hydrogen (secondary N) is 2. The number of rotatable bonds is 9. The van der Waals surface area contributed by atoms with E-state index in [9.17, 15) is 5.11 Å². The van der Waals surface area contributed by atoms with Gasteiger partial charge < -0.3 is 21.5 Å². The molecule has 0 rings (SSSR count). The van der Waals surface area contributed by atoms with Gasteiger partial charge in [0.05, 0.1) is 0 Å². The topological polar surface area (TPSA) is 70.3 Å². The summed E-state index contributed by atoms with van der Waals surface area (Å²) in [5, 5.41) is 16.2. The number of hydrogen-bond acceptors (Lipinski definition) is 4. The van der Waals surface area contributed by atoms with Gasteiger partial charge in [-0.25, -0.2) is 0 Å². The van der Waals surface area contributed by atoms with Crippen molar-refractivity contribution in [3.05, 3.63) is 0 Å². The van der Waals surface area contributed by atoms with Crippen molar-refractivity contribution in [1.82, 2.24) is 10.6 Å². The first-order valence-electron chi connectivity index (χ1n) is 6.30. The molecule has 2 atom stereocenters. The zero-order valence-corrected chi connectivity index (χ0v) is 11.2. The normalized spacial score (nSPS) is 17.4. The van der Waals surface area contributed by atoms with Crippen LogP contribution in [-0.4, -0.2) is 36.5 Å². The van der Waals surface area contributed by atoms with Crippen LogP contribution >= 0.6 is 0 Å². The Kier molecular flexibility index (Phi) is 7.93. The molecular weight excluding hydrogens is 202 g/mol. The molecule has 0 fully saturated rings. The van der Waals surface area contributed by atoms with Crippen LogP contribution < -0.4 is 16.4 Å². The van der Waals surface area contributed by atoms with Crippen molar-refractivity contribution in [1.29, 1.82) is 0 Å². The maximum absolute atomic E-state index is 9.34. The molecule has 0 bridgehead atoms. The van der Waals surface area contributed by atoms with Crippen LogP contribution in [-0.2, 0) is 0 Å². The predicted octanol–water partition coefficient (Wildman–Crippen LogP) is 0.658. The maximum atomic E-state index is 9.34. The number of hydrogen-bond donors (Lipinski definition) is 4. The maximum Gasteiger partial charge on any atom is 0.111 e. The van der Waals surface area contributed by atoms with E-state index in [0.717, 1.165) is 26.1 Å². The Morgan fingerprint density at radius 1 is 1.31 bits per heavy atom. The molecule has 0 aliphatic carbocycles. The highest BCUT2D eigenvalue weighted by Crippen LogP contribution is 1.98. The molecule has 0 aliphatic heterocycles. The van der Waals surface area contributed by atoms with Crippen LogP contribution in [0.2, 0.25) is 0 Å². The molecule has 98 valence electrons. The van der Waals surface area contributed by atoms with E-state index in [1.807, 2.05) is 0 Å². The van der Waals surface area contributed by atoms with Crippen molar-refractivity contribution in [2.75, 3.05) is 19.6 Å². The standard InChI is InChI=1S/C12H29N3O/c1-5-11(15-8-10(2)3)9-14-7-6-12(4,13)16/h10-11,14-16H,5-9,13H2,1-4H3. The summed E-state index contributed by atoms with van der Waals surface area (Å²) in [5.74, 6) is 0.679. The summed E-state index contributed by atoms with van der Waals surface area (Å²) in [7, 11) is 0. The molecular formula is C12H29N3O. The fraction of sp³-hybridized carbons (Fsp3) is 1.00. The molecule has 5 N–H and O–H groups in total. The van der Waals surface area contributed by atoms with E-state index in [1.165, 1.54) is 0 Å². The Balaban J connectivity index is 3.55. The van der Waals surface area contributed by atoms with Crippen LogP contribution in [0.1, 0.15) is 40.5 Å². The van der Waals surface area contributed by atoms with Crippen LogP contribution in [0.25, 0.3) is 0 Å². The summed E-state index contributed by atoms with van der Waals surface area (Å²) in [4.78, 5) is 0. The van der Waals surface area contributed by atoms with Crippen LogP contribution in [0, 0.1) is 5.92 Å². The summed E-state index contributed by atoms with van der Waals surface area (Å²) in [6, 6.07) is 0.505. The van der Waals surface area contributed by atoms with Crippen molar-refractivity contribution in [2.24, 2.45) is 11.7 Å². The molecule has 0 aromatic heterocycles. The largest absolute Gasteiger partial charge is 0.376 e. The molecule has 4 nitrogen and oxygen atoms in total. The van der Waals surface area contributed by atoms with Gasteiger partial charge >= 0.3 is 0 Å². The lowest BCUT2D eigenvalue weighted by Crippen LogP contribution is -2.43. The van der Waals surface area contributed by atoms with Crippen LogP contribution in [0.4, 0.5) is 0 Å². The van der Waals surface area contributed by atoms with Gasteiger partial charge in [0.25, 0.3) is 0 Å². The third-order valence-electron chi connectivity index (χ3n) is 2.51. The third-order valence-corrected chi connectivity index (χ3v) is 2.51. The fourth-order valence-electron chi connectivity index (χ4n) is 1.38. The molecule has 2 unspecified atom stereocenters. The van der Waals surface area contributed by atoms with Gasteiger partial charge in [-0.1, -0.05) is 20.8 Å². The third kappa shape index (κ3) is 10.4. The molecule has 0 amide bonds. The van der Waals surface area contributed by atoms with Crippen molar-refractivity contribution in [3.8, 4) is 0 Å². The zero-order chi connectivity index (χ0) is 12.6. The highest BCUT2D eigenvalue weighted by Gasteiger charge is 2.12. The summed E-state index contributed by atoms with van der Waals surface area (Å²) in [6.45, 7) is 11.0. The molecule has 0 heterocycles. The Morgan fingerprint density at radius 2 is 1.94 bits per heavy atom. The summed E-state index contributed by atoms with van der Waals surface area (Å²) < 4.78 is 0. The Morgan fingerprint density at radius 3 is 2.38 bits per heavy atom. The van der Waals surface area contributed by atoms with E-state index in [1.54, 1.807) is 6.92 Å². The van der Waals surface area contributed by atoms with E-state index in [4.69, 9.17) is 5.73 Å². The molecule has 0 aromatic carbocycles. The van der Waals surface area contributed by atoms with Gasteiger partial charge in [-0.05, 0) is 32.4 Å². The lowest BCUT2D eigenvalue weighted by atomic mass is 10.1. The Bertz CT molecular complexity index is 166. The summed E-state index contributed by atoms with van der Waals surface area (Å²) in [6.07, 6.45) is 1.69. The van der Waals surface area contributed by atoms with E-state index < -0.39 is 5.72 Å². The fourth-order valence-corrected chi connectivity index (χ4v) is 1.38. The lowest BCUT2D eigenvalue weighted by Gasteiger charge is -2.21. The van der Waals surface area contributed by atoms with Crippen molar-refractivity contribution in [2.45, 2.75) is 52.3 Å². The van der Waals surface area contributed by atoms with E-state index in [2.05, 4.69) is 31.4 Å². The minimum atomic E-state index is -1.06. The second kappa shape index (κ2) is 8.01. The van der Waals surface area contributed by atoms with E-state index in [0.29, 0.717) is 18.4 Å². The van der Waals surface area contributed by atoms with Gasteiger partial charge in [0.1, 0.15) is 5.72 Å². The molecule has 0 radical (unpaired) electrons. The van der Waals surface area contributed by atoms with Crippen LogP contribution in [0.5, 0.6) is 0 Å². The molecule has 0 saturated carbocycles. The zero-order valence-electron chi connectivity index (χ0n) is 11.2. The van der Waals surface area contributed by atoms with Gasteiger partial charge in [0.15, 0.2) is 0 Å². The Labute approximate surface area is 100.0 Å². The van der Waals surface area contributed by atoms with Crippen molar-refractivity contribution < 1.29 is 5.11 Å². The summed E-state index contributed by atoms with van der Waals surface area (Å²) in [5.41, 5.74) is 4.43. The smallest absolute Gasteiger partial charge is 0.111 e. The quantitative estimate of drug-likeness (QED) is 0.347. The van der Waals surface area contributed by atoms with Crippen LogP contribution in [0.3, 0.4) is 0 Å². The van der Waals surface area contributed by atoms with Gasteiger partial charge in [-0.15, -0.1) is 0 Å². The first-order chi connectivity index (χ1) is 7.35. The lowest BCUT2D eigenvalue weighted by molar-refractivity contribution is 0.0580. The van der Waals surface area contributed by atoms with Gasteiger partial charge in [0.2, 0.25) is 0 Å². The average Bonchev–Trinajstić information content (AvgIpc) is 2.15. The SMILES string of the molecule is CCC(CNCCC(C)(N)O)NCC(C)C. The van der Waals surface area contributed by atoms with E-state index >= 15 is 0 Å². The molecule has 4 heteroatoms. The van der Waals surface area contributed by atoms with E-state index in [-0.39, 0.29) is 0 Å². The molecule has 0 aromatic rings. The molecule has 0 aliphatic rings. The first kappa shape index (κ1) is 15.8. The molecule has 0 spiro atoms. The molecule has 16 heavy (non-hydrogen) atoms. The molecule has 0 saturated heterocycles. The highest BCUT2D eigenvalue weighted by molar-refractivity contribution is 4.70. The van der Waals surface area contributed by atoms with Crippen LogP contribution in [0.15, 0.2) is 0 Å². The van der Waals surface area contributed by atoms with Crippen molar-refractivity contribution in [3.63, 3.8) is 0 Å². The first-order valence-corrected chi connectivity index (χ1v) is 6.30. The number of aliphatic hydroxyl groups is 1. The van der Waals surface area contributed by atoms with Gasteiger partial charge in [-0.3, -0.25) is 0 Å². The Hall–Kier alpha value is -0.160. The van der Waals surface area contributed by atoms with Gasteiger partial charge in [0, 0.05) is 19.0 Å². The minimum absolute atomic E-state index is 0.505. The minimum Gasteiger partial charge on any atom is -0.376 e. The predicted molar refractivity (Wildman–Crippen MR) is 69.2 cm³/mol. The van der Waals surface area contributed by atoms with Crippen molar-refractivity contribution >= 4 is 0 Å². The monoisotopic (exact) mass is 231 g/mol. The van der Waals surface area contributed by atoms with Gasteiger partial charge in [-0.2, -0.15) is 0 Å². The highest BCUT2D eigenvalue weighted by atomic mass is 16.3. The number of nitrogens with two attached hydrogens (primary N) is 1. The summed E-state index contributed by atoms with van der Waals surface area (Å²) >= 11 is 0. The second-order valence-electron chi connectivity index (χ2n) is 5.22. The average molecular weight is 231 g/mol.